The van der Waals surface area contributed by atoms with Crippen molar-refractivity contribution in [2.45, 2.75) is 30.3 Å². The molecule has 0 aliphatic carbocycles. The molecule has 1 fully saturated rings. The number of rotatable bonds is 0. The van der Waals surface area contributed by atoms with E-state index >= 15 is 0 Å². The summed E-state index contributed by atoms with van der Waals surface area (Å²) in [6, 6.07) is 0. The van der Waals surface area contributed by atoms with Crippen LogP contribution in [0.25, 0.3) is 0 Å². The van der Waals surface area contributed by atoms with Crippen molar-refractivity contribution in [1.29, 1.82) is 0 Å². The minimum Gasteiger partial charge on any atom is -0.365 e. The van der Waals surface area contributed by atoms with Crippen molar-refractivity contribution in [3.05, 3.63) is 0 Å². The van der Waals surface area contributed by atoms with Crippen LogP contribution in [0.1, 0.15) is 26.7 Å². The minimum atomic E-state index is 0.120. The zero-order valence-electron chi connectivity index (χ0n) is 5.98. The third kappa shape index (κ3) is 2.42. The summed E-state index contributed by atoms with van der Waals surface area (Å²) >= 11 is 2.38. The molecule has 0 aromatic heterocycles. The van der Waals surface area contributed by atoms with Crippen molar-refractivity contribution in [2.75, 3.05) is 6.61 Å². The van der Waals surface area contributed by atoms with Crippen LogP contribution in [0.3, 0.4) is 0 Å². The van der Waals surface area contributed by atoms with E-state index in [1.165, 1.54) is 12.8 Å². The van der Waals surface area contributed by atoms with Crippen LogP contribution in [-0.2, 0) is 4.74 Å². The summed E-state index contributed by atoms with van der Waals surface area (Å²) in [7, 11) is 0. The van der Waals surface area contributed by atoms with Crippen LogP contribution < -0.4 is 0 Å². The van der Waals surface area contributed by atoms with Crippen molar-refractivity contribution < 1.29 is 4.74 Å². The molecule has 1 saturated heterocycles. The number of alkyl halides is 1. The van der Waals surface area contributed by atoms with Gasteiger partial charge in [-0.2, -0.15) is 0 Å². The van der Waals surface area contributed by atoms with Crippen LogP contribution in [0, 0.1) is 5.92 Å². The molecule has 0 saturated carbocycles. The van der Waals surface area contributed by atoms with Gasteiger partial charge in [0.25, 0.3) is 0 Å². The number of hydrogen-bond donors (Lipinski definition) is 0. The topological polar surface area (TPSA) is 9.23 Å². The van der Waals surface area contributed by atoms with Gasteiger partial charge in [0.2, 0.25) is 0 Å². The molecule has 1 heterocycles. The molecule has 1 aliphatic rings. The summed E-state index contributed by atoms with van der Waals surface area (Å²) in [5.74, 6) is 0.848. The van der Waals surface area contributed by atoms with Crippen LogP contribution in [0.4, 0.5) is 0 Å². The molecule has 0 aromatic carbocycles. The number of ether oxygens (including phenoxy) is 1. The maximum absolute atomic E-state index is 5.52. The van der Waals surface area contributed by atoms with Crippen molar-refractivity contribution in [1.82, 2.24) is 0 Å². The van der Waals surface area contributed by atoms with Gasteiger partial charge in [0, 0.05) is 6.61 Å². The van der Waals surface area contributed by atoms with Crippen molar-refractivity contribution in [2.24, 2.45) is 5.92 Å². The van der Waals surface area contributed by atoms with E-state index in [2.05, 4.69) is 36.4 Å². The summed E-state index contributed by atoms with van der Waals surface area (Å²) in [5.41, 5.74) is 0. The number of hydrogen-bond acceptors (Lipinski definition) is 1. The lowest BCUT2D eigenvalue weighted by Crippen LogP contribution is -2.29. The predicted molar refractivity (Wildman–Crippen MR) is 46.8 cm³/mol. The van der Waals surface area contributed by atoms with Crippen molar-refractivity contribution in [3.63, 3.8) is 0 Å². The van der Waals surface area contributed by atoms with Gasteiger partial charge >= 0.3 is 0 Å². The standard InChI is InChI=1S/C7H13IO/c1-6-3-4-9-7(2,8)5-6/h6H,3-5H2,1-2H3. The molecule has 2 atom stereocenters. The van der Waals surface area contributed by atoms with E-state index < -0.39 is 0 Å². The Labute approximate surface area is 70.3 Å². The molecule has 0 N–H and O–H groups in total. The lowest BCUT2D eigenvalue weighted by atomic mass is 9.99. The van der Waals surface area contributed by atoms with E-state index in [9.17, 15) is 0 Å². The fraction of sp³-hybridized carbons (Fsp3) is 1.00. The van der Waals surface area contributed by atoms with Crippen LogP contribution in [-0.4, -0.2) is 10.2 Å². The molecule has 0 aromatic rings. The summed E-state index contributed by atoms with van der Waals surface area (Å²) in [4.78, 5) is 0. The van der Waals surface area contributed by atoms with E-state index in [1.807, 2.05) is 0 Å². The maximum Gasteiger partial charge on any atom is 0.116 e. The molecule has 2 unspecified atom stereocenters. The van der Waals surface area contributed by atoms with Gasteiger partial charge in [-0.05, 0) is 48.3 Å². The minimum absolute atomic E-state index is 0.120. The van der Waals surface area contributed by atoms with E-state index in [0.717, 1.165) is 12.5 Å². The average Bonchev–Trinajstić information content (AvgIpc) is 1.60. The van der Waals surface area contributed by atoms with Gasteiger partial charge in [-0.3, -0.25) is 0 Å². The van der Waals surface area contributed by atoms with E-state index in [4.69, 9.17) is 4.74 Å². The Morgan fingerprint density at radius 3 is 2.67 bits per heavy atom. The Kier molecular flexibility index (Phi) is 2.37. The Balaban J connectivity index is 2.41. The zero-order valence-corrected chi connectivity index (χ0v) is 8.14. The van der Waals surface area contributed by atoms with Crippen molar-refractivity contribution >= 4 is 22.6 Å². The van der Waals surface area contributed by atoms with Gasteiger partial charge < -0.3 is 4.74 Å². The molecule has 1 rings (SSSR count). The quantitative estimate of drug-likeness (QED) is 0.467. The summed E-state index contributed by atoms with van der Waals surface area (Å²) in [6.07, 6.45) is 2.44. The first-order valence-electron chi connectivity index (χ1n) is 3.43. The monoisotopic (exact) mass is 240 g/mol. The lowest BCUT2D eigenvalue weighted by Gasteiger charge is -2.31. The first-order chi connectivity index (χ1) is 4.10. The van der Waals surface area contributed by atoms with Crippen LogP contribution >= 0.6 is 22.6 Å². The van der Waals surface area contributed by atoms with Gasteiger partial charge in [0.05, 0.1) is 0 Å². The van der Waals surface area contributed by atoms with Gasteiger partial charge in [-0.1, -0.05) is 6.92 Å². The van der Waals surface area contributed by atoms with E-state index in [0.29, 0.717) is 0 Å². The van der Waals surface area contributed by atoms with E-state index in [1.54, 1.807) is 0 Å². The van der Waals surface area contributed by atoms with E-state index in [-0.39, 0.29) is 3.61 Å². The molecular weight excluding hydrogens is 227 g/mol. The molecule has 0 bridgehead atoms. The Bertz CT molecular complexity index is 101. The third-order valence-electron chi connectivity index (χ3n) is 1.73. The largest absolute Gasteiger partial charge is 0.365 e. The highest BCUT2D eigenvalue weighted by atomic mass is 127. The lowest BCUT2D eigenvalue weighted by molar-refractivity contribution is -0.00568. The summed E-state index contributed by atoms with van der Waals surface area (Å²) < 4.78 is 5.64. The summed E-state index contributed by atoms with van der Waals surface area (Å²) in [5, 5.41) is 0. The van der Waals surface area contributed by atoms with Crippen LogP contribution in [0.15, 0.2) is 0 Å². The van der Waals surface area contributed by atoms with Gasteiger partial charge in [-0.25, -0.2) is 0 Å². The van der Waals surface area contributed by atoms with Crippen LogP contribution in [0.5, 0.6) is 0 Å². The van der Waals surface area contributed by atoms with Gasteiger partial charge in [0.1, 0.15) is 3.61 Å². The first-order valence-corrected chi connectivity index (χ1v) is 4.51. The molecule has 0 amide bonds. The number of halogens is 1. The molecule has 1 nitrogen and oxygen atoms in total. The molecule has 0 radical (unpaired) electrons. The second kappa shape index (κ2) is 2.74. The molecule has 0 spiro atoms. The second-order valence-electron chi connectivity index (χ2n) is 3.05. The fourth-order valence-corrected chi connectivity index (χ4v) is 2.23. The van der Waals surface area contributed by atoms with Gasteiger partial charge in [0.15, 0.2) is 0 Å². The Morgan fingerprint density at radius 2 is 2.33 bits per heavy atom. The highest BCUT2D eigenvalue weighted by Crippen LogP contribution is 2.33. The normalized spacial score (nSPS) is 45.0. The molecular formula is C7H13IO. The smallest absolute Gasteiger partial charge is 0.116 e. The van der Waals surface area contributed by atoms with Gasteiger partial charge in [-0.15, -0.1) is 0 Å². The molecule has 9 heavy (non-hydrogen) atoms. The second-order valence-corrected chi connectivity index (χ2v) is 5.33. The molecule has 54 valence electrons. The fourth-order valence-electron chi connectivity index (χ4n) is 1.26. The highest BCUT2D eigenvalue weighted by Gasteiger charge is 2.27. The third-order valence-corrected chi connectivity index (χ3v) is 2.48. The highest BCUT2D eigenvalue weighted by molar-refractivity contribution is 14.1. The van der Waals surface area contributed by atoms with Crippen molar-refractivity contribution in [3.8, 4) is 0 Å². The average molecular weight is 240 g/mol. The maximum atomic E-state index is 5.52. The Morgan fingerprint density at radius 1 is 1.67 bits per heavy atom. The molecule has 2 heteroatoms. The zero-order chi connectivity index (χ0) is 6.91. The Hall–Kier alpha value is 0.690. The van der Waals surface area contributed by atoms with Crippen LogP contribution in [0.2, 0.25) is 0 Å². The SMILES string of the molecule is CC1CCOC(C)(I)C1. The predicted octanol–water partition coefficient (Wildman–Crippen LogP) is 2.58. The first kappa shape index (κ1) is 7.79. The summed E-state index contributed by atoms with van der Waals surface area (Å²) in [6.45, 7) is 5.39. The molecule has 1 aliphatic heterocycles.